The van der Waals surface area contributed by atoms with Gasteiger partial charge in [0.2, 0.25) is 11.8 Å². The van der Waals surface area contributed by atoms with Crippen LogP contribution in [0.25, 0.3) is 4.96 Å². The van der Waals surface area contributed by atoms with Gasteiger partial charge < -0.3 is 35.2 Å². The molecule has 4 heterocycles. The normalized spacial score (nSPS) is 17.8. The predicted molar refractivity (Wildman–Crippen MR) is 217 cm³/mol. The van der Waals surface area contributed by atoms with Crippen molar-refractivity contribution in [2.24, 2.45) is 5.92 Å². The van der Waals surface area contributed by atoms with Gasteiger partial charge in [-0.2, -0.15) is 0 Å². The molecule has 3 N–H and O–H groups in total. The molecule has 4 atom stereocenters. The molecule has 308 valence electrons. The van der Waals surface area contributed by atoms with Crippen molar-refractivity contribution in [1.29, 1.82) is 0 Å². The lowest BCUT2D eigenvalue weighted by atomic mass is 10.0. The number of carbonyl (C=O) groups excluding carboxylic acids is 6. The number of ether oxygens (including phenoxy) is 2. The van der Waals surface area contributed by atoms with E-state index in [2.05, 4.69) is 16.0 Å². The SMILES string of the molecule is COC(=O)N[C@H](C(=O)N1CCCC1C(=O)N(c1cccc(NC(=O)C2CCCN2C(=O)C(NC(=O)OC(C)(C)C)c2ccccc2)c1)c1cn2ccsc2n1)C(C)C. The van der Waals surface area contributed by atoms with E-state index in [4.69, 9.17) is 14.5 Å². The van der Waals surface area contributed by atoms with Crippen LogP contribution in [0, 0.1) is 5.92 Å². The number of methoxy groups -OCH3 is 1. The van der Waals surface area contributed by atoms with Crippen molar-refractivity contribution >= 4 is 69.3 Å². The van der Waals surface area contributed by atoms with Gasteiger partial charge in [-0.25, -0.2) is 14.6 Å². The molecule has 2 aliphatic rings. The molecule has 0 saturated carbocycles. The van der Waals surface area contributed by atoms with E-state index < -0.39 is 65.6 Å². The highest BCUT2D eigenvalue weighted by Gasteiger charge is 2.42. The van der Waals surface area contributed by atoms with Gasteiger partial charge in [0.05, 0.1) is 19.0 Å². The first kappa shape index (κ1) is 41.7. The topological polar surface area (TPSA) is 184 Å². The molecule has 2 aromatic heterocycles. The smallest absolute Gasteiger partial charge is 0.408 e. The first-order valence-corrected chi connectivity index (χ1v) is 20.2. The zero-order chi connectivity index (χ0) is 41.7. The van der Waals surface area contributed by atoms with Crippen molar-refractivity contribution < 1.29 is 38.2 Å². The van der Waals surface area contributed by atoms with Crippen LogP contribution >= 0.6 is 11.3 Å². The third-order valence-electron chi connectivity index (χ3n) is 9.99. The number of carbonyl (C=O) groups is 6. The van der Waals surface area contributed by atoms with Crippen LogP contribution in [0.15, 0.2) is 72.4 Å². The molecule has 2 saturated heterocycles. The lowest BCUT2D eigenvalue weighted by Gasteiger charge is -2.32. The summed E-state index contributed by atoms with van der Waals surface area (Å²) < 4.78 is 12.0. The largest absolute Gasteiger partial charge is 0.453 e. The number of hydrogen-bond donors (Lipinski definition) is 3. The molecule has 0 aliphatic carbocycles. The summed E-state index contributed by atoms with van der Waals surface area (Å²) in [6, 6.07) is 11.8. The Bertz CT molecular complexity index is 2120. The fourth-order valence-electron chi connectivity index (χ4n) is 7.29. The summed E-state index contributed by atoms with van der Waals surface area (Å²) in [5.41, 5.74) is 0.517. The molecular formula is C41H50N8O8S. The average molecular weight is 815 g/mol. The maximum Gasteiger partial charge on any atom is 0.408 e. The van der Waals surface area contributed by atoms with Gasteiger partial charge in [-0.3, -0.25) is 28.5 Å². The van der Waals surface area contributed by atoms with Crippen LogP contribution in [-0.4, -0.2) is 98.9 Å². The third-order valence-corrected chi connectivity index (χ3v) is 10.8. The number of hydrogen-bond acceptors (Lipinski definition) is 10. The van der Waals surface area contributed by atoms with E-state index in [0.717, 1.165) is 0 Å². The number of amides is 6. The summed E-state index contributed by atoms with van der Waals surface area (Å²) in [4.78, 5) is 91.7. The minimum Gasteiger partial charge on any atom is -0.453 e. The quantitative estimate of drug-likeness (QED) is 0.173. The molecule has 4 aromatic rings. The summed E-state index contributed by atoms with van der Waals surface area (Å²) in [6.07, 6.45) is 3.98. The van der Waals surface area contributed by atoms with Gasteiger partial charge in [-0.15, -0.1) is 11.3 Å². The Morgan fingerprint density at radius 1 is 0.879 bits per heavy atom. The Balaban J connectivity index is 1.25. The van der Waals surface area contributed by atoms with E-state index in [1.54, 1.807) is 99.8 Å². The fourth-order valence-corrected chi connectivity index (χ4v) is 7.98. The van der Waals surface area contributed by atoms with E-state index in [1.165, 1.54) is 33.1 Å². The molecule has 0 spiro atoms. The van der Waals surface area contributed by atoms with Crippen LogP contribution in [0.5, 0.6) is 0 Å². The van der Waals surface area contributed by atoms with Gasteiger partial charge in [0.25, 0.3) is 11.8 Å². The van der Waals surface area contributed by atoms with Gasteiger partial charge in [0, 0.05) is 30.4 Å². The molecular weight excluding hydrogens is 765 g/mol. The third kappa shape index (κ3) is 9.41. The molecule has 0 radical (unpaired) electrons. The van der Waals surface area contributed by atoms with E-state index in [0.29, 0.717) is 66.5 Å². The van der Waals surface area contributed by atoms with Crippen molar-refractivity contribution in [3.63, 3.8) is 0 Å². The van der Waals surface area contributed by atoms with Crippen molar-refractivity contribution in [2.75, 3.05) is 30.4 Å². The number of nitrogens with one attached hydrogen (secondary N) is 3. The molecule has 2 fully saturated rings. The Kier molecular flexibility index (Phi) is 12.7. The number of aromatic nitrogens is 2. The van der Waals surface area contributed by atoms with Crippen molar-refractivity contribution in [3.8, 4) is 0 Å². The number of nitrogens with zero attached hydrogens (tertiary/aromatic N) is 5. The average Bonchev–Trinajstić information content (AvgIpc) is 4.01. The van der Waals surface area contributed by atoms with Crippen LogP contribution in [0.1, 0.15) is 71.9 Å². The van der Waals surface area contributed by atoms with Gasteiger partial charge >= 0.3 is 12.2 Å². The lowest BCUT2D eigenvalue weighted by molar-refractivity contribution is -0.139. The molecule has 58 heavy (non-hydrogen) atoms. The number of likely N-dealkylation sites (tertiary alicyclic amines) is 2. The summed E-state index contributed by atoms with van der Waals surface area (Å²) in [7, 11) is 1.22. The molecule has 17 heteroatoms. The van der Waals surface area contributed by atoms with Crippen LogP contribution < -0.4 is 20.9 Å². The summed E-state index contributed by atoms with van der Waals surface area (Å²) in [6.45, 7) is 9.42. The number of benzene rings is 2. The van der Waals surface area contributed by atoms with Gasteiger partial charge in [-0.1, -0.05) is 50.2 Å². The fraction of sp³-hybridized carbons (Fsp3) is 0.439. The summed E-state index contributed by atoms with van der Waals surface area (Å²) >= 11 is 1.40. The summed E-state index contributed by atoms with van der Waals surface area (Å²) in [5.74, 6) is -1.64. The summed E-state index contributed by atoms with van der Waals surface area (Å²) in [5, 5.41) is 10.2. The van der Waals surface area contributed by atoms with Crippen molar-refractivity contribution in [3.05, 3.63) is 77.9 Å². The first-order chi connectivity index (χ1) is 27.6. The molecule has 6 amide bonds. The van der Waals surface area contributed by atoms with Crippen LogP contribution in [-0.2, 0) is 28.7 Å². The minimum absolute atomic E-state index is 0.282. The van der Waals surface area contributed by atoms with Gasteiger partial charge in [0.15, 0.2) is 10.8 Å². The van der Waals surface area contributed by atoms with Gasteiger partial charge in [-0.05, 0) is 76.1 Å². The van der Waals surface area contributed by atoms with Crippen LogP contribution in [0.4, 0.5) is 26.8 Å². The Morgan fingerprint density at radius 3 is 2.22 bits per heavy atom. The highest BCUT2D eigenvalue weighted by atomic mass is 32.1. The number of anilines is 3. The molecule has 0 bridgehead atoms. The number of fused-ring (bicyclic) bond motifs is 1. The monoisotopic (exact) mass is 814 g/mol. The van der Waals surface area contributed by atoms with E-state index in [9.17, 15) is 28.8 Å². The van der Waals surface area contributed by atoms with E-state index >= 15 is 0 Å². The number of rotatable bonds is 11. The highest BCUT2D eigenvalue weighted by molar-refractivity contribution is 7.15. The number of thiazole rings is 1. The Morgan fingerprint density at radius 2 is 1.57 bits per heavy atom. The first-order valence-electron chi connectivity index (χ1n) is 19.3. The minimum atomic E-state index is -1.09. The maximum atomic E-state index is 14.7. The number of imidazole rings is 1. The standard InChI is InChI=1S/C41H50N8O8S/c1-25(2)32(44-39(54)56-6)36(52)48-20-12-18-30(48)35(51)49(31-24-46-21-22-58-38(46)43-31)28-16-10-15-27(23-28)42-34(50)29-17-11-19-47(29)37(53)33(26-13-8-7-9-14-26)45-40(55)57-41(3,4)5/h7-10,13-16,21-25,29-30,32-33H,11-12,17-20H2,1-6H3,(H,42,50)(H,44,54)(H,45,55)/t29?,30?,32-,33?/m0/s1. The Labute approximate surface area is 340 Å². The van der Waals surface area contributed by atoms with Crippen molar-refractivity contribution in [2.45, 2.75) is 90.1 Å². The highest BCUT2D eigenvalue weighted by Crippen LogP contribution is 2.33. The lowest BCUT2D eigenvalue weighted by Crippen LogP contribution is -2.55. The zero-order valence-electron chi connectivity index (χ0n) is 33.5. The predicted octanol–water partition coefficient (Wildman–Crippen LogP) is 5.63. The zero-order valence-corrected chi connectivity index (χ0v) is 34.3. The van der Waals surface area contributed by atoms with Crippen LogP contribution in [0.2, 0.25) is 0 Å². The molecule has 16 nitrogen and oxygen atoms in total. The maximum absolute atomic E-state index is 14.7. The molecule has 2 aromatic carbocycles. The van der Waals surface area contributed by atoms with E-state index in [-0.39, 0.29) is 5.92 Å². The van der Waals surface area contributed by atoms with Crippen LogP contribution in [0.3, 0.4) is 0 Å². The van der Waals surface area contributed by atoms with E-state index in [1.807, 2.05) is 11.6 Å². The molecule has 2 aliphatic heterocycles. The second-order valence-electron chi connectivity index (χ2n) is 15.6. The van der Waals surface area contributed by atoms with Crippen molar-refractivity contribution in [1.82, 2.24) is 29.8 Å². The second kappa shape index (κ2) is 17.7. The van der Waals surface area contributed by atoms with Gasteiger partial charge in [0.1, 0.15) is 29.8 Å². The molecule has 3 unspecified atom stereocenters. The Hall–Kier alpha value is -5.97. The number of alkyl carbamates (subject to hydrolysis) is 2. The molecule has 6 rings (SSSR count). The second-order valence-corrected chi connectivity index (χ2v) is 16.5.